The number of aromatic amines is 1. The summed E-state index contributed by atoms with van der Waals surface area (Å²) in [4.78, 5) is 5.77. The summed E-state index contributed by atoms with van der Waals surface area (Å²) in [6.07, 6.45) is 0. The van der Waals surface area contributed by atoms with E-state index in [-0.39, 0.29) is 0 Å². The number of nitrogens with one attached hydrogen (secondary N) is 1. The highest BCUT2D eigenvalue weighted by molar-refractivity contribution is 5.86. The van der Waals surface area contributed by atoms with E-state index in [0.717, 1.165) is 18.8 Å². The van der Waals surface area contributed by atoms with Gasteiger partial charge in [-0.3, -0.25) is 4.90 Å². The molecule has 0 unspecified atom stereocenters. The van der Waals surface area contributed by atoms with Gasteiger partial charge in [-0.05, 0) is 24.7 Å². The molecule has 0 saturated heterocycles. The molecule has 1 aromatic carbocycles. The van der Waals surface area contributed by atoms with Gasteiger partial charge in [0.1, 0.15) is 5.75 Å². The smallest absolute Gasteiger partial charge is 0.120 e. The van der Waals surface area contributed by atoms with Gasteiger partial charge in [-0.15, -0.1) is 0 Å². The highest BCUT2D eigenvalue weighted by atomic mass is 16.5. The number of fused-ring (bicyclic) bond motifs is 3. The van der Waals surface area contributed by atoms with Gasteiger partial charge in [-0.1, -0.05) is 0 Å². The second kappa shape index (κ2) is 3.00. The average molecular weight is 202 g/mol. The molecule has 3 heteroatoms. The molecule has 0 amide bonds. The number of ether oxygens (including phenoxy) is 1. The molecule has 0 atom stereocenters. The molecule has 0 saturated carbocycles. The highest BCUT2D eigenvalue weighted by Crippen LogP contribution is 2.31. The Morgan fingerprint density at radius 1 is 1.33 bits per heavy atom. The van der Waals surface area contributed by atoms with Crippen LogP contribution in [0.2, 0.25) is 0 Å². The molecule has 1 aromatic heterocycles. The zero-order chi connectivity index (χ0) is 10.4. The Morgan fingerprint density at radius 3 is 3.00 bits per heavy atom. The maximum absolute atomic E-state index is 5.21. The van der Waals surface area contributed by atoms with Crippen LogP contribution in [-0.4, -0.2) is 24.0 Å². The molecule has 1 aliphatic rings. The van der Waals surface area contributed by atoms with Crippen LogP contribution in [-0.2, 0) is 13.1 Å². The van der Waals surface area contributed by atoms with Gasteiger partial charge in [0.2, 0.25) is 0 Å². The first-order valence-electron chi connectivity index (χ1n) is 5.14. The maximum atomic E-state index is 5.21. The van der Waals surface area contributed by atoms with Crippen LogP contribution in [0, 0.1) is 0 Å². The van der Waals surface area contributed by atoms with E-state index in [9.17, 15) is 0 Å². The van der Waals surface area contributed by atoms with Crippen molar-refractivity contribution in [2.45, 2.75) is 13.1 Å². The summed E-state index contributed by atoms with van der Waals surface area (Å²) in [6.45, 7) is 2.06. The number of aromatic nitrogens is 1. The number of H-pyrrole nitrogens is 1. The lowest BCUT2D eigenvalue weighted by Crippen LogP contribution is -2.08. The Bertz CT molecular complexity index is 516. The molecule has 1 N–H and O–H groups in total. The molecule has 0 fully saturated rings. The summed E-state index contributed by atoms with van der Waals surface area (Å²) in [7, 11) is 3.84. The molecule has 2 aromatic rings. The fourth-order valence-corrected chi connectivity index (χ4v) is 2.33. The molecule has 0 aliphatic carbocycles. The van der Waals surface area contributed by atoms with Gasteiger partial charge in [-0.2, -0.15) is 0 Å². The van der Waals surface area contributed by atoms with Gasteiger partial charge in [0, 0.05) is 35.8 Å². The zero-order valence-corrected chi connectivity index (χ0v) is 9.00. The first-order valence-corrected chi connectivity index (χ1v) is 5.14. The van der Waals surface area contributed by atoms with Crippen molar-refractivity contribution in [3.63, 3.8) is 0 Å². The van der Waals surface area contributed by atoms with E-state index in [1.165, 1.54) is 22.2 Å². The molecule has 78 valence electrons. The third-order valence-electron chi connectivity index (χ3n) is 3.06. The van der Waals surface area contributed by atoms with Crippen LogP contribution in [0.4, 0.5) is 0 Å². The predicted octanol–water partition coefficient (Wildman–Crippen LogP) is 2.12. The first-order chi connectivity index (χ1) is 7.28. The molecule has 1 aliphatic heterocycles. The topological polar surface area (TPSA) is 28.3 Å². The van der Waals surface area contributed by atoms with Crippen LogP contribution in [0.3, 0.4) is 0 Å². The SMILES string of the molecule is COc1ccc2c3c([nH]c2c1)CN(C)C3. The van der Waals surface area contributed by atoms with Crippen molar-refractivity contribution in [3.8, 4) is 5.75 Å². The van der Waals surface area contributed by atoms with Crippen LogP contribution in [0.15, 0.2) is 18.2 Å². The summed E-state index contributed by atoms with van der Waals surface area (Å²) in [6, 6.07) is 6.23. The van der Waals surface area contributed by atoms with Crippen LogP contribution in [0.5, 0.6) is 5.75 Å². The van der Waals surface area contributed by atoms with Gasteiger partial charge in [0.25, 0.3) is 0 Å². The van der Waals surface area contributed by atoms with Crippen molar-refractivity contribution in [3.05, 3.63) is 29.5 Å². The summed E-state index contributed by atoms with van der Waals surface area (Å²) in [5.41, 5.74) is 3.98. The van der Waals surface area contributed by atoms with Crippen molar-refractivity contribution in [2.75, 3.05) is 14.2 Å². The largest absolute Gasteiger partial charge is 0.497 e. The normalized spacial score (nSPS) is 15.9. The number of methoxy groups -OCH3 is 1. The van der Waals surface area contributed by atoms with Crippen LogP contribution in [0.1, 0.15) is 11.3 Å². The third-order valence-corrected chi connectivity index (χ3v) is 3.06. The van der Waals surface area contributed by atoms with Gasteiger partial charge in [-0.25, -0.2) is 0 Å². The average Bonchev–Trinajstić information content (AvgIpc) is 2.72. The number of hydrogen-bond donors (Lipinski definition) is 1. The number of rotatable bonds is 1. The highest BCUT2D eigenvalue weighted by Gasteiger charge is 2.20. The minimum atomic E-state index is 0.913. The van der Waals surface area contributed by atoms with Crippen molar-refractivity contribution in [1.82, 2.24) is 9.88 Å². The monoisotopic (exact) mass is 202 g/mol. The van der Waals surface area contributed by atoms with E-state index in [0.29, 0.717) is 0 Å². The lowest BCUT2D eigenvalue weighted by molar-refractivity contribution is 0.351. The Hall–Kier alpha value is -1.48. The summed E-state index contributed by atoms with van der Waals surface area (Å²) < 4.78 is 5.21. The van der Waals surface area contributed by atoms with Crippen LogP contribution in [0.25, 0.3) is 10.9 Å². The summed E-state index contributed by atoms with van der Waals surface area (Å²) >= 11 is 0. The molecule has 0 spiro atoms. The lowest BCUT2D eigenvalue weighted by atomic mass is 10.1. The standard InChI is InChI=1S/C12H14N2O/c1-14-6-10-9-4-3-8(15-2)5-11(9)13-12(10)7-14/h3-5,13H,6-7H2,1-2H3. The summed E-state index contributed by atoms with van der Waals surface area (Å²) in [5.74, 6) is 0.913. The number of hydrogen-bond acceptors (Lipinski definition) is 2. The Balaban J connectivity index is 2.19. The first kappa shape index (κ1) is 8.80. The molecular formula is C12H14N2O. The van der Waals surface area contributed by atoms with Gasteiger partial charge in [0.15, 0.2) is 0 Å². The van der Waals surface area contributed by atoms with Crippen LogP contribution >= 0.6 is 0 Å². The molecule has 3 nitrogen and oxygen atoms in total. The van der Waals surface area contributed by atoms with E-state index in [1.807, 2.05) is 6.07 Å². The van der Waals surface area contributed by atoms with Crippen molar-refractivity contribution in [1.29, 1.82) is 0 Å². The molecule has 0 radical (unpaired) electrons. The Kier molecular flexibility index (Phi) is 1.76. The van der Waals surface area contributed by atoms with Gasteiger partial charge in [0.05, 0.1) is 7.11 Å². The predicted molar refractivity (Wildman–Crippen MR) is 60.0 cm³/mol. The van der Waals surface area contributed by atoms with Crippen molar-refractivity contribution >= 4 is 10.9 Å². The Labute approximate surface area is 88.6 Å². The van der Waals surface area contributed by atoms with E-state index in [2.05, 4.69) is 29.1 Å². The zero-order valence-electron chi connectivity index (χ0n) is 9.00. The van der Waals surface area contributed by atoms with Crippen molar-refractivity contribution < 1.29 is 4.74 Å². The van der Waals surface area contributed by atoms with Crippen molar-refractivity contribution in [2.24, 2.45) is 0 Å². The number of benzene rings is 1. The third kappa shape index (κ3) is 1.23. The second-order valence-corrected chi connectivity index (χ2v) is 4.17. The molecular weight excluding hydrogens is 188 g/mol. The quantitative estimate of drug-likeness (QED) is 0.767. The molecule has 3 rings (SSSR count). The molecule has 0 bridgehead atoms. The molecule has 2 heterocycles. The fourth-order valence-electron chi connectivity index (χ4n) is 2.33. The van der Waals surface area contributed by atoms with E-state index >= 15 is 0 Å². The van der Waals surface area contributed by atoms with Gasteiger partial charge >= 0.3 is 0 Å². The lowest BCUT2D eigenvalue weighted by Gasteiger charge is -2.06. The number of nitrogens with zero attached hydrogens (tertiary/aromatic N) is 1. The fraction of sp³-hybridized carbons (Fsp3) is 0.333. The van der Waals surface area contributed by atoms with E-state index in [4.69, 9.17) is 4.74 Å². The minimum absolute atomic E-state index is 0.913. The van der Waals surface area contributed by atoms with E-state index in [1.54, 1.807) is 7.11 Å². The Morgan fingerprint density at radius 2 is 2.20 bits per heavy atom. The molecule has 15 heavy (non-hydrogen) atoms. The van der Waals surface area contributed by atoms with Crippen LogP contribution < -0.4 is 4.74 Å². The van der Waals surface area contributed by atoms with E-state index < -0.39 is 0 Å². The second-order valence-electron chi connectivity index (χ2n) is 4.17. The van der Waals surface area contributed by atoms with Gasteiger partial charge < -0.3 is 9.72 Å². The minimum Gasteiger partial charge on any atom is -0.497 e. The summed E-state index contributed by atoms with van der Waals surface area (Å²) in [5, 5.41) is 1.33. The maximum Gasteiger partial charge on any atom is 0.120 e.